The summed E-state index contributed by atoms with van der Waals surface area (Å²) in [4.78, 5) is 40.7. The molecular weight excluding hydrogens is 344 g/mol. The van der Waals surface area contributed by atoms with Gasteiger partial charge in [-0.25, -0.2) is 4.99 Å². The zero-order valence-corrected chi connectivity index (χ0v) is 15.1. The summed E-state index contributed by atoms with van der Waals surface area (Å²) < 4.78 is 0. The van der Waals surface area contributed by atoms with Crippen molar-refractivity contribution in [3.8, 4) is 0 Å². The van der Waals surface area contributed by atoms with Gasteiger partial charge < -0.3 is 5.32 Å². The van der Waals surface area contributed by atoms with Crippen molar-refractivity contribution in [1.82, 2.24) is 10.2 Å². The van der Waals surface area contributed by atoms with Gasteiger partial charge in [-0.3, -0.25) is 24.6 Å². The number of hydrogen-bond acceptors (Lipinski definition) is 6. The minimum Gasteiger partial charge on any atom is -0.356 e. The van der Waals surface area contributed by atoms with Crippen LogP contribution in [0.15, 0.2) is 23.2 Å². The molecule has 0 radical (unpaired) electrons. The molecular formula is C16H20N4O4S. The smallest absolute Gasteiger partial charge is 0.271 e. The van der Waals surface area contributed by atoms with Gasteiger partial charge in [0.1, 0.15) is 5.25 Å². The minimum absolute atomic E-state index is 0.0544. The molecule has 1 atom stereocenters. The number of rotatable bonds is 6. The molecule has 25 heavy (non-hydrogen) atoms. The summed E-state index contributed by atoms with van der Waals surface area (Å²) in [7, 11) is 0. The Bertz CT molecular complexity index is 735. The van der Waals surface area contributed by atoms with Crippen LogP contribution in [0.5, 0.6) is 0 Å². The summed E-state index contributed by atoms with van der Waals surface area (Å²) >= 11 is 1.22. The van der Waals surface area contributed by atoms with Crippen molar-refractivity contribution >= 4 is 40.1 Å². The molecule has 2 rings (SSSR count). The highest BCUT2D eigenvalue weighted by atomic mass is 32.2. The standard InChI is InChI=1S/C16H20N4O4S/c1-4-17-14(21)9-13-15(22)19(5-2)16(25-13)18-12-8-11(20(23)24)7-6-10(12)3/h6-8,13H,4-5,9H2,1-3H3,(H,17,21). The van der Waals surface area contributed by atoms with Gasteiger partial charge in [-0.15, -0.1) is 0 Å². The van der Waals surface area contributed by atoms with E-state index in [2.05, 4.69) is 10.3 Å². The molecule has 1 saturated heterocycles. The van der Waals surface area contributed by atoms with Gasteiger partial charge in [0.05, 0.1) is 10.6 Å². The number of non-ortho nitro benzene ring substituents is 1. The summed E-state index contributed by atoms with van der Waals surface area (Å²) in [5, 5.41) is 13.6. The van der Waals surface area contributed by atoms with E-state index in [1.807, 2.05) is 13.8 Å². The Morgan fingerprint density at radius 3 is 2.76 bits per heavy atom. The van der Waals surface area contributed by atoms with E-state index >= 15 is 0 Å². The molecule has 8 nitrogen and oxygen atoms in total. The van der Waals surface area contributed by atoms with E-state index in [4.69, 9.17) is 0 Å². The van der Waals surface area contributed by atoms with E-state index in [0.29, 0.717) is 23.9 Å². The largest absolute Gasteiger partial charge is 0.356 e. The Hall–Kier alpha value is -2.42. The molecule has 134 valence electrons. The lowest BCUT2D eigenvalue weighted by atomic mass is 10.2. The number of carbonyl (C=O) groups is 2. The van der Waals surface area contributed by atoms with Crippen LogP contribution in [0.1, 0.15) is 25.8 Å². The minimum atomic E-state index is -0.524. The number of amides is 2. The molecule has 1 fully saturated rings. The molecule has 0 saturated carbocycles. The first-order valence-corrected chi connectivity index (χ1v) is 8.83. The molecule has 0 spiro atoms. The number of nitro benzene ring substituents is 1. The first kappa shape index (κ1) is 18.9. The maximum absolute atomic E-state index is 12.5. The molecule has 1 aliphatic rings. The number of hydrogen-bond donors (Lipinski definition) is 1. The van der Waals surface area contributed by atoms with Crippen molar-refractivity contribution in [2.24, 2.45) is 4.99 Å². The monoisotopic (exact) mass is 364 g/mol. The molecule has 0 aromatic heterocycles. The Morgan fingerprint density at radius 1 is 1.44 bits per heavy atom. The highest BCUT2D eigenvalue weighted by molar-refractivity contribution is 8.15. The number of nitro groups is 1. The molecule has 1 N–H and O–H groups in total. The normalized spacial score (nSPS) is 18.7. The summed E-state index contributed by atoms with van der Waals surface area (Å²) in [6.45, 7) is 6.37. The van der Waals surface area contributed by atoms with Gasteiger partial charge >= 0.3 is 0 Å². The summed E-state index contributed by atoms with van der Waals surface area (Å²) in [6.07, 6.45) is 0.0841. The number of aliphatic imine (C=N–C) groups is 1. The van der Waals surface area contributed by atoms with Crippen molar-refractivity contribution in [2.75, 3.05) is 13.1 Å². The molecule has 1 unspecified atom stereocenters. The van der Waals surface area contributed by atoms with Crippen LogP contribution in [0.4, 0.5) is 11.4 Å². The molecule has 1 aliphatic heterocycles. The highest BCUT2D eigenvalue weighted by Crippen LogP contribution is 2.33. The van der Waals surface area contributed by atoms with Gasteiger partial charge in [-0.1, -0.05) is 17.8 Å². The second-order valence-corrected chi connectivity index (χ2v) is 6.64. The highest BCUT2D eigenvalue weighted by Gasteiger charge is 2.38. The summed E-state index contributed by atoms with van der Waals surface area (Å²) in [5.74, 6) is -0.349. The molecule has 0 aliphatic carbocycles. The third kappa shape index (κ3) is 4.36. The van der Waals surface area contributed by atoms with Crippen LogP contribution in [0, 0.1) is 17.0 Å². The third-order valence-electron chi connectivity index (χ3n) is 3.70. The Morgan fingerprint density at radius 2 is 2.16 bits per heavy atom. The van der Waals surface area contributed by atoms with Gasteiger partial charge in [-0.05, 0) is 26.3 Å². The van der Waals surface area contributed by atoms with Crippen LogP contribution in [-0.4, -0.2) is 45.1 Å². The van der Waals surface area contributed by atoms with Crippen molar-refractivity contribution in [2.45, 2.75) is 32.4 Å². The van der Waals surface area contributed by atoms with Crippen LogP contribution < -0.4 is 5.32 Å². The third-order valence-corrected chi connectivity index (χ3v) is 4.88. The lowest BCUT2D eigenvalue weighted by Gasteiger charge is -2.13. The van der Waals surface area contributed by atoms with Gasteiger partial charge in [0, 0.05) is 31.6 Å². The zero-order valence-electron chi connectivity index (χ0n) is 14.3. The SMILES string of the molecule is CCNC(=O)CC1SC(=Nc2cc([N+](=O)[O-])ccc2C)N(CC)C1=O. The lowest BCUT2D eigenvalue weighted by molar-refractivity contribution is -0.384. The van der Waals surface area contributed by atoms with Crippen molar-refractivity contribution < 1.29 is 14.5 Å². The van der Waals surface area contributed by atoms with Crippen molar-refractivity contribution in [1.29, 1.82) is 0 Å². The molecule has 1 aromatic carbocycles. The average molecular weight is 364 g/mol. The zero-order chi connectivity index (χ0) is 18.6. The van der Waals surface area contributed by atoms with E-state index in [-0.39, 0.29) is 23.9 Å². The molecule has 2 amide bonds. The number of amidine groups is 1. The van der Waals surface area contributed by atoms with Gasteiger partial charge in [0.15, 0.2) is 5.17 Å². The van der Waals surface area contributed by atoms with Gasteiger partial charge in [0.2, 0.25) is 11.8 Å². The second kappa shape index (κ2) is 8.11. The summed E-state index contributed by atoms with van der Waals surface area (Å²) in [6, 6.07) is 4.43. The van der Waals surface area contributed by atoms with Crippen LogP contribution in [0.2, 0.25) is 0 Å². The number of carbonyl (C=O) groups excluding carboxylic acids is 2. The predicted molar refractivity (Wildman–Crippen MR) is 97.0 cm³/mol. The van der Waals surface area contributed by atoms with Crippen LogP contribution >= 0.6 is 11.8 Å². The number of aryl methyl sites for hydroxylation is 1. The number of nitrogens with zero attached hydrogens (tertiary/aromatic N) is 3. The fourth-order valence-electron chi connectivity index (χ4n) is 2.39. The van der Waals surface area contributed by atoms with E-state index in [9.17, 15) is 19.7 Å². The van der Waals surface area contributed by atoms with Crippen LogP contribution in [-0.2, 0) is 9.59 Å². The first-order valence-electron chi connectivity index (χ1n) is 7.95. The number of benzene rings is 1. The van der Waals surface area contributed by atoms with E-state index in [0.717, 1.165) is 5.56 Å². The topological polar surface area (TPSA) is 105 Å². The second-order valence-electron chi connectivity index (χ2n) is 5.47. The average Bonchev–Trinajstić information content (AvgIpc) is 2.84. The fourth-order valence-corrected chi connectivity index (χ4v) is 3.60. The number of thioether (sulfide) groups is 1. The van der Waals surface area contributed by atoms with Gasteiger partial charge in [-0.2, -0.15) is 0 Å². The molecule has 9 heteroatoms. The maximum Gasteiger partial charge on any atom is 0.271 e. The van der Waals surface area contributed by atoms with E-state index in [1.165, 1.54) is 28.8 Å². The van der Waals surface area contributed by atoms with Crippen molar-refractivity contribution in [3.63, 3.8) is 0 Å². The molecule has 0 bridgehead atoms. The first-order chi connectivity index (χ1) is 11.9. The van der Waals surface area contributed by atoms with Gasteiger partial charge in [0.25, 0.3) is 5.69 Å². The van der Waals surface area contributed by atoms with Crippen LogP contribution in [0.25, 0.3) is 0 Å². The lowest BCUT2D eigenvalue weighted by Crippen LogP contribution is -2.34. The predicted octanol–water partition coefficient (Wildman–Crippen LogP) is 2.38. The Balaban J connectivity index is 2.30. The quantitative estimate of drug-likeness (QED) is 0.616. The van der Waals surface area contributed by atoms with Crippen molar-refractivity contribution in [3.05, 3.63) is 33.9 Å². The van der Waals surface area contributed by atoms with E-state index in [1.54, 1.807) is 13.0 Å². The molecule has 1 heterocycles. The number of nitrogens with one attached hydrogen (secondary N) is 1. The Labute approximate surface area is 149 Å². The molecule has 1 aromatic rings. The van der Waals surface area contributed by atoms with E-state index < -0.39 is 10.2 Å². The fraction of sp³-hybridized carbons (Fsp3) is 0.438. The Kier molecular flexibility index (Phi) is 6.13. The summed E-state index contributed by atoms with van der Waals surface area (Å²) in [5.41, 5.74) is 1.16. The van der Waals surface area contributed by atoms with Crippen LogP contribution in [0.3, 0.4) is 0 Å². The maximum atomic E-state index is 12.5.